The Kier molecular flexibility index (Phi) is 3.69. The molecule has 3 heterocycles. The van der Waals surface area contributed by atoms with Crippen LogP contribution in [0.25, 0.3) is 11.3 Å². The summed E-state index contributed by atoms with van der Waals surface area (Å²) in [7, 11) is 1.96. The van der Waals surface area contributed by atoms with Crippen molar-refractivity contribution in [2.75, 3.05) is 6.54 Å². The molecule has 0 N–H and O–H groups in total. The normalized spacial score (nSPS) is 28.1. The van der Waals surface area contributed by atoms with Crippen molar-refractivity contribution < 1.29 is 4.79 Å². The molecule has 2 bridgehead atoms. The largest absolute Gasteiger partial charge is 0.330 e. The summed E-state index contributed by atoms with van der Waals surface area (Å²) < 4.78 is 4.26. The molecule has 4 saturated carbocycles. The third-order valence-electron chi connectivity index (χ3n) is 8.42. The third-order valence-corrected chi connectivity index (χ3v) is 8.42. The summed E-state index contributed by atoms with van der Waals surface area (Å²) in [6.07, 6.45) is 8.71. The van der Waals surface area contributed by atoms with Crippen molar-refractivity contribution in [1.29, 1.82) is 0 Å². The molecule has 4 aliphatic carbocycles. The standard InChI is InChI=1S/C26H29N5O/c1-16-22-20(10-11-30(16)25(32)21-15-27-29(2)23(21)19-8-9-19)24(18-6-4-3-5-7-18)31(28-22)26-12-17(13-26)14-26/h3-7,15-17,19H,8-14H2,1-2H3. The molecule has 0 saturated heterocycles. The molecule has 6 nitrogen and oxygen atoms in total. The number of aryl methyl sites for hydroxylation is 1. The van der Waals surface area contributed by atoms with E-state index in [4.69, 9.17) is 5.10 Å². The Morgan fingerprint density at radius 2 is 1.88 bits per heavy atom. The number of hydrogen-bond acceptors (Lipinski definition) is 3. The summed E-state index contributed by atoms with van der Waals surface area (Å²) in [6.45, 7) is 2.88. The van der Waals surface area contributed by atoms with Gasteiger partial charge in [-0.1, -0.05) is 30.3 Å². The van der Waals surface area contributed by atoms with Crippen LogP contribution in [0.15, 0.2) is 36.5 Å². The molecular formula is C26H29N5O. The molecule has 0 spiro atoms. The zero-order valence-corrected chi connectivity index (χ0v) is 18.8. The van der Waals surface area contributed by atoms with Gasteiger partial charge < -0.3 is 4.90 Å². The lowest BCUT2D eigenvalue weighted by molar-refractivity contribution is -0.0967. The summed E-state index contributed by atoms with van der Waals surface area (Å²) in [5.41, 5.74) is 7.07. The van der Waals surface area contributed by atoms with E-state index in [1.807, 2.05) is 16.6 Å². The van der Waals surface area contributed by atoms with Crippen molar-refractivity contribution in [3.63, 3.8) is 0 Å². The molecule has 6 heteroatoms. The Morgan fingerprint density at radius 3 is 2.53 bits per heavy atom. The first-order valence-electron chi connectivity index (χ1n) is 12.1. The molecule has 3 aromatic rings. The quantitative estimate of drug-likeness (QED) is 0.619. The molecular weight excluding hydrogens is 398 g/mol. The summed E-state index contributed by atoms with van der Waals surface area (Å²) in [6, 6.07) is 10.7. The predicted molar refractivity (Wildman–Crippen MR) is 121 cm³/mol. The van der Waals surface area contributed by atoms with E-state index in [2.05, 4.69) is 47.0 Å². The Morgan fingerprint density at radius 1 is 1.12 bits per heavy atom. The van der Waals surface area contributed by atoms with E-state index in [1.54, 1.807) is 6.20 Å². The minimum atomic E-state index is -0.0328. The van der Waals surface area contributed by atoms with Crippen LogP contribution in [0.4, 0.5) is 0 Å². The molecule has 1 aliphatic heterocycles. The van der Waals surface area contributed by atoms with Gasteiger partial charge in [0.15, 0.2) is 0 Å². The van der Waals surface area contributed by atoms with Crippen molar-refractivity contribution >= 4 is 5.91 Å². The number of carbonyl (C=O) groups excluding carboxylic acids is 1. The lowest BCUT2D eigenvalue weighted by Crippen LogP contribution is -2.59. The highest BCUT2D eigenvalue weighted by atomic mass is 16.2. The van der Waals surface area contributed by atoms with Crippen LogP contribution in [-0.4, -0.2) is 36.9 Å². The number of fused-ring (bicyclic) bond motifs is 1. The van der Waals surface area contributed by atoms with Crippen molar-refractivity contribution in [3.8, 4) is 11.3 Å². The Hall–Kier alpha value is -2.89. The third kappa shape index (κ3) is 2.44. The highest BCUT2D eigenvalue weighted by molar-refractivity contribution is 5.96. The first-order valence-corrected chi connectivity index (χ1v) is 12.1. The van der Waals surface area contributed by atoms with Crippen LogP contribution in [0.3, 0.4) is 0 Å². The average Bonchev–Trinajstić information content (AvgIpc) is 3.38. The molecule has 4 fully saturated rings. The first-order chi connectivity index (χ1) is 15.6. The Bertz CT molecular complexity index is 1220. The topological polar surface area (TPSA) is 56.0 Å². The SMILES string of the molecule is CC1c2nn(C34CC(C3)C4)c(-c3ccccc3)c2CCN1C(=O)c1cnn(C)c1C1CC1. The average molecular weight is 428 g/mol. The van der Waals surface area contributed by atoms with Crippen LogP contribution in [-0.2, 0) is 19.0 Å². The fourth-order valence-corrected chi connectivity index (χ4v) is 6.44. The number of nitrogens with zero attached hydrogens (tertiary/aromatic N) is 5. The second-order valence-electron chi connectivity index (χ2n) is 10.5. The number of benzene rings is 1. The molecule has 5 aliphatic rings. The van der Waals surface area contributed by atoms with Gasteiger partial charge in [0, 0.05) is 30.6 Å². The first kappa shape index (κ1) is 18.7. The van der Waals surface area contributed by atoms with E-state index in [0.29, 0.717) is 5.92 Å². The number of carbonyl (C=O) groups is 1. The number of aromatic nitrogens is 4. The van der Waals surface area contributed by atoms with Gasteiger partial charge in [-0.3, -0.25) is 14.2 Å². The van der Waals surface area contributed by atoms with E-state index in [9.17, 15) is 4.79 Å². The zero-order chi connectivity index (χ0) is 21.6. The van der Waals surface area contributed by atoms with Gasteiger partial charge in [0.05, 0.1) is 40.4 Å². The monoisotopic (exact) mass is 427 g/mol. The molecule has 2 aromatic heterocycles. The molecule has 1 atom stereocenters. The van der Waals surface area contributed by atoms with Crippen LogP contribution >= 0.6 is 0 Å². The molecule has 1 aromatic carbocycles. The summed E-state index contributed by atoms with van der Waals surface area (Å²) in [5.74, 6) is 1.49. The van der Waals surface area contributed by atoms with Crippen molar-refractivity contribution in [3.05, 3.63) is 59.0 Å². The van der Waals surface area contributed by atoms with Gasteiger partial charge in [0.25, 0.3) is 5.91 Å². The van der Waals surface area contributed by atoms with Gasteiger partial charge in [0.1, 0.15) is 0 Å². The summed E-state index contributed by atoms with van der Waals surface area (Å²) >= 11 is 0. The summed E-state index contributed by atoms with van der Waals surface area (Å²) in [4.78, 5) is 15.7. The smallest absolute Gasteiger partial charge is 0.257 e. The van der Waals surface area contributed by atoms with Crippen LogP contribution in [0.5, 0.6) is 0 Å². The maximum Gasteiger partial charge on any atom is 0.257 e. The van der Waals surface area contributed by atoms with Gasteiger partial charge in [-0.15, -0.1) is 0 Å². The summed E-state index contributed by atoms with van der Waals surface area (Å²) in [5, 5.41) is 9.67. The van der Waals surface area contributed by atoms with E-state index in [0.717, 1.165) is 48.7 Å². The van der Waals surface area contributed by atoms with Crippen molar-refractivity contribution in [2.45, 2.75) is 62.9 Å². The molecule has 0 radical (unpaired) electrons. The highest BCUT2D eigenvalue weighted by Crippen LogP contribution is 2.63. The highest BCUT2D eigenvalue weighted by Gasteiger charge is 2.60. The second-order valence-corrected chi connectivity index (χ2v) is 10.5. The minimum absolute atomic E-state index is 0.0328. The van der Waals surface area contributed by atoms with Crippen LogP contribution in [0, 0.1) is 5.92 Å². The second kappa shape index (κ2) is 6.33. The number of amides is 1. The van der Waals surface area contributed by atoms with Crippen molar-refractivity contribution in [1.82, 2.24) is 24.5 Å². The minimum Gasteiger partial charge on any atom is -0.330 e. The zero-order valence-electron chi connectivity index (χ0n) is 18.8. The van der Waals surface area contributed by atoms with Crippen molar-refractivity contribution in [2.24, 2.45) is 13.0 Å². The van der Waals surface area contributed by atoms with Gasteiger partial charge in [0.2, 0.25) is 0 Å². The molecule has 164 valence electrons. The molecule has 1 unspecified atom stereocenters. The molecule has 1 amide bonds. The fourth-order valence-electron chi connectivity index (χ4n) is 6.44. The van der Waals surface area contributed by atoms with E-state index in [1.165, 1.54) is 36.1 Å². The lowest BCUT2D eigenvalue weighted by atomic mass is 9.50. The molecule has 32 heavy (non-hydrogen) atoms. The van der Waals surface area contributed by atoms with Crippen LogP contribution in [0.1, 0.15) is 78.3 Å². The molecule has 8 rings (SSSR count). The van der Waals surface area contributed by atoms with Gasteiger partial charge in [-0.2, -0.15) is 10.2 Å². The maximum absolute atomic E-state index is 13.7. The Balaban J connectivity index is 1.29. The van der Waals surface area contributed by atoms with E-state index >= 15 is 0 Å². The number of hydrogen-bond donors (Lipinski definition) is 0. The number of rotatable bonds is 4. The lowest BCUT2D eigenvalue weighted by Gasteiger charge is -2.61. The Labute approximate surface area is 188 Å². The van der Waals surface area contributed by atoms with E-state index in [-0.39, 0.29) is 17.5 Å². The van der Waals surface area contributed by atoms with Crippen LogP contribution in [0.2, 0.25) is 0 Å². The van der Waals surface area contributed by atoms with Gasteiger partial charge in [-0.05, 0) is 51.4 Å². The van der Waals surface area contributed by atoms with E-state index < -0.39 is 0 Å². The van der Waals surface area contributed by atoms with Crippen LogP contribution < -0.4 is 0 Å². The maximum atomic E-state index is 13.7. The van der Waals surface area contributed by atoms with Gasteiger partial charge in [-0.25, -0.2) is 0 Å². The fraction of sp³-hybridized carbons (Fsp3) is 0.500. The predicted octanol–water partition coefficient (Wildman–Crippen LogP) is 4.43. The van der Waals surface area contributed by atoms with Gasteiger partial charge >= 0.3 is 0 Å².